The normalized spacial score (nSPS) is 13.5. The summed E-state index contributed by atoms with van der Waals surface area (Å²) in [5, 5.41) is 17.0. The Labute approximate surface area is 185 Å². The molecule has 2 aromatic rings. The van der Waals surface area contributed by atoms with Crippen molar-refractivity contribution in [1.82, 2.24) is 10.6 Å². The number of benzene rings is 1. The van der Waals surface area contributed by atoms with Gasteiger partial charge in [-0.2, -0.15) is 0 Å². The molecule has 3 N–H and O–H groups in total. The predicted molar refractivity (Wildman–Crippen MR) is 122 cm³/mol. The van der Waals surface area contributed by atoms with Crippen LogP contribution in [-0.4, -0.2) is 31.3 Å². The van der Waals surface area contributed by atoms with Crippen molar-refractivity contribution in [3.8, 4) is 5.75 Å². The number of ether oxygens (including phenoxy) is 1. The van der Waals surface area contributed by atoms with Crippen LogP contribution < -0.4 is 15.4 Å². The van der Waals surface area contributed by atoms with Crippen molar-refractivity contribution in [3.05, 3.63) is 51.9 Å². The van der Waals surface area contributed by atoms with E-state index in [1.54, 1.807) is 20.1 Å². The number of aliphatic imine (C=N–C) groups is 1. The minimum absolute atomic E-state index is 0. The van der Waals surface area contributed by atoms with E-state index < -0.39 is 5.60 Å². The second-order valence-electron chi connectivity index (χ2n) is 6.19. The first-order valence-electron chi connectivity index (χ1n) is 8.49. The molecule has 0 bridgehead atoms. The lowest BCUT2D eigenvalue weighted by Gasteiger charge is -2.23. The number of aliphatic hydroxyl groups is 1. The molecule has 1 heterocycles. The molecule has 27 heavy (non-hydrogen) atoms. The van der Waals surface area contributed by atoms with Crippen LogP contribution in [0.2, 0.25) is 0 Å². The number of aryl methyl sites for hydroxylation is 1. The molecule has 2 rings (SSSR count). The van der Waals surface area contributed by atoms with Crippen LogP contribution in [0.5, 0.6) is 5.75 Å². The first kappa shape index (κ1) is 23.8. The molecule has 0 saturated heterocycles. The van der Waals surface area contributed by atoms with Crippen LogP contribution in [0, 0.1) is 6.92 Å². The first-order valence-corrected chi connectivity index (χ1v) is 9.29. The summed E-state index contributed by atoms with van der Waals surface area (Å²) in [5.41, 5.74) is -0.176. The second kappa shape index (κ2) is 10.9. The molecule has 150 valence electrons. The highest BCUT2D eigenvalue weighted by Gasteiger charge is 2.27. The van der Waals surface area contributed by atoms with Crippen molar-refractivity contribution in [1.29, 1.82) is 0 Å². The number of halogens is 2. The number of furan rings is 1. The number of hydrogen-bond acceptors (Lipinski definition) is 4. The lowest BCUT2D eigenvalue weighted by atomic mass is 10.0. The monoisotopic (exact) mass is 551 g/mol. The van der Waals surface area contributed by atoms with Gasteiger partial charge in [0.2, 0.25) is 0 Å². The molecular weight excluding hydrogens is 525 g/mol. The van der Waals surface area contributed by atoms with Gasteiger partial charge in [0.15, 0.2) is 5.96 Å². The average molecular weight is 552 g/mol. The van der Waals surface area contributed by atoms with Gasteiger partial charge >= 0.3 is 0 Å². The highest BCUT2D eigenvalue weighted by molar-refractivity contribution is 14.0. The van der Waals surface area contributed by atoms with E-state index in [1.807, 2.05) is 38.1 Å². The molecule has 0 spiro atoms. The van der Waals surface area contributed by atoms with Gasteiger partial charge in [0.25, 0.3) is 0 Å². The van der Waals surface area contributed by atoms with Crippen LogP contribution in [0.3, 0.4) is 0 Å². The second-order valence-corrected chi connectivity index (χ2v) is 7.10. The molecule has 8 heteroatoms. The lowest BCUT2D eigenvalue weighted by molar-refractivity contribution is 0.0378. The first-order chi connectivity index (χ1) is 12.4. The fourth-order valence-electron chi connectivity index (χ4n) is 2.44. The van der Waals surface area contributed by atoms with Gasteiger partial charge in [-0.05, 0) is 51.1 Å². The largest absolute Gasteiger partial charge is 0.496 e. The van der Waals surface area contributed by atoms with Crippen LogP contribution in [-0.2, 0) is 12.1 Å². The van der Waals surface area contributed by atoms with Crippen LogP contribution in [0.15, 0.2) is 44.2 Å². The number of rotatable bonds is 7. The van der Waals surface area contributed by atoms with Gasteiger partial charge < -0.3 is 24.9 Å². The zero-order valence-electron chi connectivity index (χ0n) is 16.0. The summed E-state index contributed by atoms with van der Waals surface area (Å²) < 4.78 is 11.9. The maximum absolute atomic E-state index is 10.7. The van der Waals surface area contributed by atoms with E-state index >= 15 is 0 Å². The fourth-order valence-corrected chi connectivity index (χ4v) is 2.85. The van der Waals surface area contributed by atoms with Crippen molar-refractivity contribution >= 4 is 45.9 Å². The number of guanidine groups is 1. The zero-order valence-corrected chi connectivity index (χ0v) is 19.9. The molecule has 6 nitrogen and oxygen atoms in total. The molecule has 1 aromatic carbocycles. The summed E-state index contributed by atoms with van der Waals surface area (Å²) in [4.78, 5) is 4.59. The van der Waals surface area contributed by atoms with E-state index in [-0.39, 0.29) is 30.5 Å². The van der Waals surface area contributed by atoms with E-state index in [1.165, 1.54) is 0 Å². The number of hydrogen-bond donors (Lipinski definition) is 3. The topological polar surface area (TPSA) is 79.0 Å². The summed E-state index contributed by atoms with van der Waals surface area (Å²) in [6, 6.07) is 9.43. The molecule has 0 aliphatic heterocycles. The third kappa shape index (κ3) is 7.00. The summed E-state index contributed by atoms with van der Waals surface area (Å²) in [7, 11) is 1.64. The molecule has 0 saturated carbocycles. The third-order valence-corrected chi connectivity index (χ3v) is 4.36. The molecule has 0 amide bonds. The van der Waals surface area contributed by atoms with Crippen molar-refractivity contribution in [3.63, 3.8) is 0 Å². The van der Waals surface area contributed by atoms with E-state index in [0.717, 1.165) is 21.5 Å². The van der Waals surface area contributed by atoms with E-state index in [2.05, 4.69) is 31.6 Å². The predicted octanol–water partition coefficient (Wildman–Crippen LogP) is 3.94. The van der Waals surface area contributed by atoms with Gasteiger partial charge in [-0.15, -0.1) is 24.0 Å². The standard InChI is InChI=1S/C19H26BrN3O3.HI/c1-5-21-18(22-11-14-10-15(20)7-8-16(14)25-4)23-12-19(3,24)17-9-6-13(2)26-17;/h6-10,24H,5,11-12H2,1-4H3,(H2,21,22,23);1H. The molecular formula is C19H27BrIN3O3. The number of nitrogens with zero attached hydrogens (tertiary/aromatic N) is 1. The van der Waals surface area contributed by atoms with E-state index in [0.29, 0.717) is 24.8 Å². The smallest absolute Gasteiger partial charge is 0.191 e. The molecule has 1 atom stereocenters. The molecule has 0 radical (unpaired) electrons. The van der Waals surface area contributed by atoms with Gasteiger partial charge in [0.1, 0.15) is 22.9 Å². The van der Waals surface area contributed by atoms with Gasteiger partial charge in [-0.3, -0.25) is 0 Å². The molecule has 1 unspecified atom stereocenters. The maximum Gasteiger partial charge on any atom is 0.191 e. The Morgan fingerprint density at radius 3 is 2.63 bits per heavy atom. The number of methoxy groups -OCH3 is 1. The van der Waals surface area contributed by atoms with Crippen LogP contribution in [0.25, 0.3) is 0 Å². The molecule has 0 aliphatic rings. The molecule has 1 aromatic heterocycles. The number of nitrogens with one attached hydrogen (secondary N) is 2. The Morgan fingerprint density at radius 1 is 1.30 bits per heavy atom. The Bertz CT molecular complexity index is 762. The van der Waals surface area contributed by atoms with Crippen LogP contribution >= 0.6 is 39.9 Å². The quantitative estimate of drug-likeness (QED) is 0.276. The highest BCUT2D eigenvalue weighted by atomic mass is 127. The molecule has 0 fully saturated rings. The van der Waals surface area contributed by atoms with E-state index in [4.69, 9.17) is 9.15 Å². The van der Waals surface area contributed by atoms with Crippen molar-refractivity contribution in [2.75, 3.05) is 20.2 Å². The summed E-state index contributed by atoms with van der Waals surface area (Å²) in [5.74, 6) is 2.68. The lowest BCUT2D eigenvalue weighted by Crippen LogP contribution is -2.44. The van der Waals surface area contributed by atoms with Gasteiger partial charge in [0, 0.05) is 16.6 Å². The average Bonchev–Trinajstić information content (AvgIpc) is 3.05. The van der Waals surface area contributed by atoms with Crippen LogP contribution in [0.1, 0.15) is 30.9 Å². The minimum atomic E-state index is -1.14. The SMILES string of the molecule is CCNC(=NCc1cc(Br)ccc1OC)NCC(C)(O)c1ccc(C)o1.I. The van der Waals surface area contributed by atoms with Crippen molar-refractivity contribution in [2.24, 2.45) is 4.99 Å². The summed E-state index contributed by atoms with van der Waals surface area (Å²) in [6.07, 6.45) is 0. The Balaban J connectivity index is 0.00000364. The highest BCUT2D eigenvalue weighted by Crippen LogP contribution is 2.24. The minimum Gasteiger partial charge on any atom is -0.496 e. The van der Waals surface area contributed by atoms with Gasteiger partial charge in [0.05, 0.1) is 20.2 Å². The molecule has 0 aliphatic carbocycles. The fraction of sp³-hybridized carbons (Fsp3) is 0.421. The maximum atomic E-state index is 10.7. The summed E-state index contributed by atoms with van der Waals surface area (Å²) >= 11 is 3.47. The zero-order chi connectivity index (χ0) is 19.2. The Morgan fingerprint density at radius 2 is 2.04 bits per heavy atom. The summed E-state index contributed by atoms with van der Waals surface area (Å²) in [6.45, 7) is 6.97. The van der Waals surface area contributed by atoms with Crippen molar-refractivity contribution in [2.45, 2.75) is 32.9 Å². The Hall–Kier alpha value is -1.26. The van der Waals surface area contributed by atoms with Crippen LogP contribution in [0.4, 0.5) is 0 Å². The van der Waals surface area contributed by atoms with Crippen molar-refractivity contribution < 1.29 is 14.3 Å². The Kier molecular flexibility index (Phi) is 9.61. The third-order valence-electron chi connectivity index (χ3n) is 3.87. The van der Waals surface area contributed by atoms with Gasteiger partial charge in [-0.25, -0.2) is 4.99 Å². The van der Waals surface area contributed by atoms with E-state index in [9.17, 15) is 5.11 Å². The van der Waals surface area contributed by atoms with Gasteiger partial charge in [-0.1, -0.05) is 15.9 Å².